The van der Waals surface area contributed by atoms with Gasteiger partial charge >= 0.3 is 0 Å². The van der Waals surface area contributed by atoms with Gasteiger partial charge in [-0.3, -0.25) is 4.79 Å². The Labute approximate surface area is 181 Å². The largest absolute Gasteiger partial charge is 0.490 e. The number of nitrogen functional groups attached to an aromatic ring is 1. The van der Waals surface area contributed by atoms with Crippen LogP contribution in [-0.2, 0) is 6.42 Å². The fourth-order valence-corrected chi connectivity index (χ4v) is 3.06. The quantitative estimate of drug-likeness (QED) is 0.323. The molecule has 30 heavy (non-hydrogen) atoms. The lowest BCUT2D eigenvalue weighted by molar-refractivity contribution is 0.0953. The van der Waals surface area contributed by atoms with Gasteiger partial charge in [0, 0.05) is 17.8 Å². The van der Waals surface area contributed by atoms with E-state index in [2.05, 4.69) is 19.2 Å². The lowest BCUT2D eigenvalue weighted by atomic mass is 10.1. The average molecular weight is 413 g/mol. The number of rotatable bonds is 14. The molecule has 0 atom stereocenters. The predicted molar refractivity (Wildman–Crippen MR) is 123 cm³/mol. The SMILES string of the molecule is CCCCCOc1ccc(C(=O)NCCc2ccc(N)cc2)cc1OCCCCC. The van der Waals surface area contributed by atoms with Crippen LogP contribution in [0.2, 0.25) is 0 Å². The molecule has 0 aliphatic heterocycles. The summed E-state index contributed by atoms with van der Waals surface area (Å²) < 4.78 is 11.9. The Morgan fingerprint density at radius 3 is 2.13 bits per heavy atom. The van der Waals surface area contributed by atoms with E-state index >= 15 is 0 Å². The second-order valence-electron chi connectivity index (χ2n) is 7.52. The Balaban J connectivity index is 1.95. The van der Waals surface area contributed by atoms with Gasteiger partial charge in [-0.2, -0.15) is 0 Å². The van der Waals surface area contributed by atoms with E-state index < -0.39 is 0 Å². The van der Waals surface area contributed by atoms with Gasteiger partial charge in [-0.1, -0.05) is 51.7 Å². The molecule has 0 radical (unpaired) electrons. The number of nitrogens with two attached hydrogens (primary N) is 1. The number of carbonyl (C=O) groups excluding carboxylic acids is 1. The van der Waals surface area contributed by atoms with E-state index in [1.807, 2.05) is 30.3 Å². The van der Waals surface area contributed by atoms with Crippen molar-refractivity contribution in [3.63, 3.8) is 0 Å². The van der Waals surface area contributed by atoms with Crippen LogP contribution in [0, 0.1) is 0 Å². The second-order valence-corrected chi connectivity index (χ2v) is 7.52. The number of carbonyl (C=O) groups is 1. The van der Waals surface area contributed by atoms with Gasteiger partial charge in [-0.25, -0.2) is 0 Å². The molecule has 0 aromatic heterocycles. The van der Waals surface area contributed by atoms with Crippen LogP contribution in [0.3, 0.4) is 0 Å². The summed E-state index contributed by atoms with van der Waals surface area (Å²) in [7, 11) is 0. The maximum Gasteiger partial charge on any atom is 0.251 e. The third-order valence-corrected chi connectivity index (χ3v) is 4.90. The number of hydrogen-bond acceptors (Lipinski definition) is 4. The molecular weight excluding hydrogens is 376 g/mol. The van der Waals surface area contributed by atoms with Crippen molar-refractivity contribution in [3.8, 4) is 11.5 Å². The summed E-state index contributed by atoms with van der Waals surface area (Å²) in [4.78, 5) is 12.6. The van der Waals surface area contributed by atoms with E-state index in [4.69, 9.17) is 15.2 Å². The number of hydrogen-bond donors (Lipinski definition) is 2. The summed E-state index contributed by atoms with van der Waals surface area (Å²) in [6.07, 6.45) is 7.31. The molecule has 2 rings (SSSR count). The molecule has 0 heterocycles. The minimum atomic E-state index is -0.110. The Hall–Kier alpha value is -2.69. The highest BCUT2D eigenvalue weighted by Gasteiger charge is 2.12. The molecule has 5 heteroatoms. The molecule has 1 amide bonds. The Morgan fingerprint density at radius 2 is 1.50 bits per heavy atom. The maximum atomic E-state index is 12.6. The van der Waals surface area contributed by atoms with Gasteiger partial charge < -0.3 is 20.5 Å². The number of benzene rings is 2. The number of ether oxygens (including phenoxy) is 2. The van der Waals surface area contributed by atoms with Crippen molar-refractivity contribution < 1.29 is 14.3 Å². The topological polar surface area (TPSA) is 73.6 Å². The van der Waals surface area contributed by atoms with Gasteiger partial charge in [0.25, 0.3) is 5.91 Å². The van der Waals surface area contributed by atoms with Crippen LogP contribution in [0.5, 0.6) is 11.5 Å². The maximum absolute atomic E-state index is 12.6. The third-order valence-electron chi connectivity index (χ3n) is 4.90. The molecule has 2 aromatic carbocycles. The first-order valence-electron chi connectivity index (χ1n) is 11.2. The van der Waals surface area contributed by atoms with Crippen molar-refractivity contribution in [2.45, 2.75) is 58.8 Å². The number of unbranched alkanes of at least 4 members (excludes halogenated alkanes) is 4. The molecule has 0 saturated heterocycles. The summed E-state index contributed by atoms with van der Waals surface area (Å²) in [5, 5.41) is 2.98. The van der Waals surface area contributed by atoms with Gasteiger partial charge in [-0.15, -0.1) is 0 Å². The van der Waals surface area contributed by atoms with E-state index in [-0.39, 0.29) is 5.91 Å². The first-order valence-corrected chi connectivity index (χ1v) is 11.2. The first-order chi connectivity index (χ1) is 14.6. The Morgan fingerprint density at radius 1 is 0.867 bits per heavy atom. The highest BCUT2D eigenvalue weighted by atomic mass is 16.5. The molecule has 0 saturated carbocycles. The van der Waals surface area contributed by atoms with Crippen molar-refractivity contribution in [2.24, 2.45) is 0 Å². The first kappa shape index (κ1) is 23.6. The van der Waals surface area contributed by atoms with Crippen molar-refractivity contribution in [2.75, 3.05) is 25.5 Å². The zero-order valence-electron chi connectivity index (χ0n) is 18.4. The zero-order chi connectivity index (χ0) is 21.6. The van der Waals surface area contributed by atoms with Crippen molar-refractivity contribution >= 4 is 11.6 Å². The standard InChI is InChI=1S/C25H36N2O3/c1-3-5-7-17-29-23-14-11-21(19-24(23)30-18-8-6-4-2)25(28)27-16-15-20-9-12-22(26)13-10-20/h9-14,19H,3-8,15-18,26H2,1-2H3,(H,27,28). The minimum Gasteiger partial charge on any atom is -0.490 e. The van der Waals surface area contributed by atoms with Gasteiger partial charge in [0.2, 0.25) is 0 Å². The van der Waals surface area contributed by atoms with E-state index in [9.17, 15) is 4.79 Å². The summed E-state index contributed by atoms with van der Waals surface area (Å²) >= 11 is 0. The average Bonchev–Trinajstić information content (AvgIpc) is 2.76. The van der Waals surface area contributed by atoms with E-state index in [0.29, 0.717) is 36.8 Å². The number of anilines is 1. The summed E-state index contributed by atoms with van der Waals surface area (Å²) in [6.45, 7) is 6.18. The molecule has 0 aliphatic carbocycles. The normalized spacial score (nSPS) is 10.6. The fourth-order valence-electron chi connectivity index (χ4n) is 3.06. The van der Waals surface area contributed by atoms with Crippen LogP contribution in [0.15, 0.2) is 42.5 Å². The predicted octanol–water partition coefficient (Wildman–Crippen LogP) is 5.38. The molecule has 164 valence electrons. The Kier molecular flexibility index (Phi) is 10.6. The molecule has 3 N–H and O–H groups in total. The molecule has 0 spiro atoms. The van der Waals surface area contributed by atoms with Crippen molar-refractivity contribution in [1.29, 1.82) is 0 Å². The summed E-state index contributed by atoms with van der Waals surface area (Å²) in [6, 6.07) is 13.1. The molecular formula is C25H36N2O3. The van der Waals surface area contributed by atoms with Crippen LogP contribution in [0.25, 0.3) is 0 Å². The van der Waals surface area contributed by atoms with Crippen molar-refractivity contribution in [3.05, 3.63) is 53.6 Å². The molecule has 0 fully saturated rings. The lowest BCUT2D eigenvalue weighted by Crippen LogP contribution is -2.25. The number of amides is 1. The molecule has 0 unspecified atom stereocenters. The smallest absolute Gasteiger partial charge is 0.251 e. The second kappa shape index (κ2) is 13.5. The lowest BCUT2D eigenvalue weighted by Gasteiger charge is -2.14. The minimum absolute atomic E-state index is 0.110. The summed E-state index contributed by atoms with van der Waals surface area (Å²) in [5.74, 6) is 1.25. The van der Waals surface area contributed by atoms with Gasteiger partial charge in [0.15, 0.2) is 11.5 Å². The summed E-state index contributed by atoms with van der Waals surface area (Å²) in [5.41, 5.74) is 8.17. The van der Waals surface area contributed by atoms with Crippen LogP contribution in [0.1, 0.15) is 68.3 Å². The van der Waals surface area contributed by atoms with Crippen LogP contribution < -0.4 is 20.5 Å². The Bertz CT molecular complexity index is 759. The van der Waals surface area contributed by atoms with Gasteiger partial charge in [-0.05, 0) is 55.2 Å². The van der Waals surface area contributed by atoms with E-state index in [1.165, 1.54) is 0 Å². The molecule has 0 aliphatic rings. The van der Waals surface area contributed by atoms with Gasteiger partial charge in [0.1, 0.15) is 0 Å². The monoisotopic (exact) mass is 412 g/mol. The van der Waals surface area contributed by atoms with E-state index in [1.54, 1.807) is 12.1 Å². The highest BCUT2D eigenvalue weighted by Crippen LogP contribution is 2.29. The molecule has 5 nitrogen and oxygen atoms in total. The van der Waals surface area contributed by atoms with E-state index in [0.717, 1.165) is 56.2 Å². The highest BCUT2D eigenvalue weighted by molar-refractivity contribution is 5.94. The van der Waals surface area contributed by atoms with Crippen LogP contribution in [-0.4, -0.2) is 25.7 Å². The fraction of sp³-hybridized carbons (Fsp3) is 0.480. The van der Waals surface area contributed by atoms with Crippen LogP contribution in [0.4, 0.5) is 5.69 Å². The van der Waals surface area contributed by atoms with Crippen molar-refractivity contribution in [1.82, 2.24) is 5.32 Å². The molecule has 2 aromatic rings. The third kappa shape index (κ3) is 8.36. The molecule has 0 bridgehead atoms. The van der Waals surface area contributed by atoms with Gasteiger partial charge in [0.05, 0.1) is 13.2 Å². The number of nitrogens with one attached hydrogen (secondary N) is 1. The zero-order valence-corrected chi connectivity index (χ0v) is 18.4. The van der Waals surface area contributed by atoms with Crippen LogP contribution >= 0.6 is 0 Å².